The highest BCUT2D eigenvalue weighted by atomic mass is 35.5. The molecule has 1 amide bonds. The number of hydrogen-bond acceptors (Lipinski definition) is 7. The molecule has 10 heteroatoms. The number of amides is 1. The van der Waals surface area contributed by atoms with Gasteiger partial charge in [-0.05, 0) is 47.5 Å². The highest BCUT2D eigenvalue weighted by Crippen LogP contribution is 2.31. The van der Waals surface area contributed by atoms with Crippen LogP contribution in [0.5, 0.6) is 11.5 Å². The number of carbonyl (C=O) groups is 1. The Hall–Kier alpha value is -4.24. The summed E-state index contributed by atoms with van der Waals surface area (Å²) in [4.78, 5) is 31.4. The summed E-state index contributed by atoms with van der Waals surface area (Å²) in [5, 5.41) is 11.6. The molecule has 0 aliphatic heterocycles. The normalized spacial score (nSPS) is 10.6. The highest BCUT2D eigenvalue weighted by Gasteiger charge is 2.12. The Labute approximate surface area is 212 Å². The van der Waals surface area contributed by atoms with E-state index in [9.17, 15) is 9.59 Å². The molecule has 0 aliphatic rings. The first-order chi connectivity index (χ1) is 17.5. The molecule has 2 aromatic heterocycles. The molecule has 0 spiro atoms. The topological polar surface area (TPSA) is 119 Å². The van der Waals surface area contributed by atoms with E-state index in [0.717, 1.165) is 11.1 Å². The van der Waals surface area contributed by atoms with Crippen molar-refractivity contribution in [3.05, 3.63) is 99.2 Å². The first-order valence-electron chi connectivity index (χ1n) is 11.2. The van der Waals surface area contributed by atoms with Gasteiger partial charge >= 0.3 is 0 Å². The van der Waals surface area contributed by atoms with E-state index in [1.807, 2.05) is 24.3 Å². The fourth-order valence-corrected chi connectivity index (χ4v) is 3.61. The highest BCUT2D eigenvalue weighted by molar-refractivity contribution is 6.30. The zero-order valence-electron chi connectivity index (χ0n) is 19.5. The lowest BCUT2D eigenvalue weighted by atomic mass is 10.2. The van der Waals surface area contributed by atoms with Gasteiger partial charge in [0.1, 0.15) is 12.3 Å². The first kappa shape index (κ1) is 24.9. The minimum absolute atomic E-state index is 0.115. The van der Waals surface area contributed by atoms with Crippen molar-refractivity contribution in [2.24, 2.45) is 0 Å². The van der Waals surface area contributed by atoms with E-state index in [-0.39, 0.29) is 30.3 Å². The summed E-state index contributed by atoms with van der Waals surface area (Å²) >= 11 is 6.03. The molecule has 0 saturated heterocycles. The number of benzene rings is 2. The van der Waals surface area contributed by atoms with Crippen LogP contribution in [0.4, 0.5) is 0 Å². The Balaban J connectivity index is 1.37. The molecule has 9 nitrogen and oxygen atoms in total. The number of nitrogens with zero attached hydrogens (tertiary/aromatic N) is 3. The molecule has 4 rings (SSSR count). The molecule has 184 valence electrons. The van der Waals surface area contributed by atoms with Crippen molar-refractivity contribution in [1.82, 2.24) is 25.5 Å². The number of aromatic amines is 1. The summed E-state index contributed by atoms with van der Waals surface area (Å²) in [7, 11) is 1.53. The molecular formula is C26H24ClN5O4. The van der Waals surface area contributed by atoms with Crippen molar-refractivity contribution in [3.63, 3.8) is 0 Å². The van der Waals surface area contributed by atoms with Crippen molar-refractivity contribution in [2.45, 2.75) is 26.0 Å². The Bertz CT molecular complexity index is 1390. The largest absolute Gasteiger partial charge is 0.493 e. The quantitative estimate of drug-likeness (QED) is 0.337. The average molecular weight is 506 g/mol. The maximum absolute atomic E-state index is 12.5. The molecule has 36 heavy (non-hydrogen) atoms. The van der Waals surface area contributed by atoms with Gasteiger partial charge in [-0.15, -0.1) is 10.2 Å². The number of H-pyrrole nitrogens is 1. The molecule has 0 aliphatic carbocycles. The SMILES string of the molecule is COc1cc(-c2nnc(CCC(=O)NCc3cccnc3)c(=O)[nH]2)ccc1OCc1cccc(Cl)c1. The van der Waals surface area contributed by atoms with E-state index in [4.69, 9.17) is 21.1 Å². The van der Waals surface area contributed by atoms with Crippen LogP contribution < -0.4 is 20.3 Å². The third-order valence-electron chi connectivity index (χ3n) is 5.29. The second-order valence-electron chi connectivity index (χ2n) is 7.87. The van der Waals surface area contributed by atoms with Crippen LogP contribution in [0.2, 0.25) is 5.02 Å². The van der Waals surface area contributed by atoms with Gasteiger partial charge in [-0.3, -0.25) is 14.6 Å². The van der Waals surface area contributed by atoms with E-state index in [2.05, 4.69) is 25.5 Å². The van der Waals surface area contributed by atoms with Crippen molar-refractivity contribution in [1.29, 1.82) is 0 Å². The summed E-state index contributed by atoms with van der Waals surface area (Å²) in [6, 6.07) is 16.3. The predicted octanol–water partition coefficient (Wildman–Crippen LogP) is 3.72. The summed E-state index contributed by atoms with van der Waals surface area (Å²) in [6.45, 7) is 0.686. The number of aryl methyl sites for hydroxylation is 1. The van der Waals surface area contributed by atoms with Gasteiger partial charge in [0, 0.05) is 42.4 Å². The minimum Gasteiger partial charge on any atom is -0.493 e. The van der Waals surface area contributed by atoms with Crippen LogP contribution in [-0.4, -0.2) is 33.2 Å². The van der Waals surface area contributed by atoms with Gasteiger partial charge < -0.3 is 19.8 Å². The van der Waals surface area contributed by atoms with Gasteiger partial charge in [0.15, 0.2) is 17.3 Å². The molecule has 4 aromatic rings. The number of methoxy groups -OCH3 is 1. The van der Waals surface area contributed by atoms with Crippen LogP contribution in [0.15, 0.2) is 71.8 Å². The third kappa shape index (κ3) is 6.67. The number of rotatable bonds is 10. The lowest BCUT2D eigenvalue weighted by molar-refractivity contribution is -0.121. The first-order valence-corrected chi connectivity index (χ1v) is 11.6. The molecule has 2 heterocycles. The second kappa shape index (κ2) is 11.9. The van der Waals surface area contributed by atoms with Crippen molar-refractivity contribution in [3.8, 4) is 22.9 Å². The van der Waals surface area contributed by atoms with Gasteiger partial charge in [0.25, 0.3) is 5.56 Å². The minimum atomic E-state index is -0.402. The van der Waals surface area contributed by atoms with Crippen molar-refractivity contribution < 1.29 is 14.3 Å². The van der Waals surface area contributed by atoms with Gasteiger partial charge in [0.2, 0.25) is 5.91 Å². The molecule has 0 saturated carbocycles. The smallest absolute Gasteiger partial charge is 0.273 e. The fraction of sp³-hybridized carbons (Fsp3) is 0.192. The van der Waals surface area contributed by atoms with Gasteiger partial charge in [0.05, 0.1) is 7.11 Å². The maximum Gasteiger partial charge on any atom is 0.273 e. The summed E-state index contributed by atoms with van der Waals surface area (Å²) in [5.74, 6) is 1.10. The van der Waals surface area contributed by atoms with Crippen LogP contribution >= 0.6 is 11.6 Å². The summed E-state index contributed by atoms with van der Waals surface area (Å²) in [5.41, 5.74) is 2.20. The van der Waals surface area contributed by atoms with Crippen molar-refractivity contribution >= 4 is 17.5 Å². The van der Waals surface area contributed by atoms with Crippen LogP contribution in [0.3, 0.4) is 0 Å². The van der Waals surface area contributed by atoms with Crippen LogP contribution in [0.1, 0.15) is 23.2 Å². The third-order valence-corrected chi connectivity index (χ3v) is 5.52. The van der Waals surface area contributed by atoms with Gasteiger partial charge in [-0.1, -0.05) is 29.8 Å². The van der Waals surface area contributed by atoms with E-state index in [1.165, 1.54) is 7.11 Å². The molecule has 2 N–H and O–H groups in total. The number of carbonyl (C=O) groups excluding carboxylic acids is 1. The lowest BCUT2D eigenvalue weighted by Gasteiger charge is -2.12. The van der Waals surface area contributed by atoms with E-state index >= 15 is 0 Å². The fourth-order valence-electron chi connectivity index (χ4n) is 3.40. The number of ether oxygens (including phenoxy) is 2. The number of pyridine rings is 1. The molecule has 2 aromatic carbocycles. The Morgan fingerprint density at radius 1 is 1.06 bits per heavy atom. The monoisotopic (exact) mass is 505 g/mol. The molecule has 0 bridgehead atoms. The number of hydrogen-bond donors (Lipinski definition) is 2. The van der Waals surface area contributed by atoms with Crippen LogP contribution in [-0.2, 0) is 24.4 Å². The van der Waals surface area contributed by atoms with Gasteiger partial charge in [-0.25, -0.2) is 0 Å². The van der Waals surface area contributed by atoms with E-state index < -0.39 is 5.56 Å². The number of aromatic nitrogens is 4. The Kier molecular flexibility index (Phi) is 8.25. The Morgan fingerprint density at radius 2 is 1.92 bits per heavy atom. The molecule has 0 unspecified atom stereocenters. The zero-order chi connectivity index (χ0) is 25.3. The number of nitrogens with one attached hydrogen (secondary N) is 2. The van der Waals surface area contributed by atoms with Crippen molar-refractivity contribution in [2.75, 3.05) is 7.11 Å². The summed E-state index contributed by atoms with van der Waals surface area (Å²) in [6.07, 6.45) is 3.63. The standard InChI is InChI=1S/C26H24ClN5O4/c1-35-23-13-19(7-9-22(23)36-16-17-4-2-6-20(27)12-17)25-30-26(34)21(31-32-25)8-10-24(33)29-15-18-5-3-11-28-14-18/h2-7,9,11-14H,8,10,15-16H2,1H3,(H,29,33)(H,30,32,34). The van der Waals surface area contributed by atoms with E-state index in [1.54, 1.807) is 42.7 Å². The average Bonchev–Trinajstić information content (AvgIpc) is 2.90. The van der Waals surface area contributed by atoms with Crippen LogP contribution in [0.25, 0.3) is 11.4 Å². The molecule has 0 fully saturated rings. The zero-order valence-corrected chi connectivity index (χ0v) is 20.3. The summed E-state index contributed by atoms with van der Waals surface area (Å²) < 4.78 is 11.3. The van der Waals surface area contributed by atoms with E-state index in [0.29, 0.717) is 35.2 Å². The van der Waals surface area contributed by atoms with Crippen LogP contribution in [0, 0.1) is 0 Å². The second-order valence-corrected chi connectivity index (χ2v) is 8.31. The van der Waals surface area contributed by atoms with Gasteiger partial charge in [-0.2, -0.15) is 0 Å². The number of halogens is 1. The molecule has 0 atom stereocenters. The predicted molar refractivity (Wildman–Crippen MR) is 135 cm³/mol. The Morgan fingerprint density at radius 3 is 2.67 bits per heavy atom. The molecular weight excluding hydrogens is 482 g/mol. The maximum atomic E-state index is 12.5. The molecule has 0 radical (unpaired) electrons. The lowest BCUT2D eigenvalue weighted by Crippen LogP contribution is -2.25.